The highest BCUT2D eigenvalue weighted by Gasteiger charge is 2.04. The SMILES string of the molecule is CC.CCCCC(C)C(C)C. The van der Waals surface area contributed by atoms with Crippen LogP contribution in [0.25, 0.3) is 0 Å². The zero-order chi connectivity index (χ0) is 9.28. The van der Waals surface area contributed by atoms with E-state index in [0.29, 0.717) is 0 Å². The van der Waals surface area contributed by atoms with Crippen molar-refractivity contribution in [1.82, 2.24) is 0 Å². The summed E-state index contributed by atoms with van der Waals surface area (Å²) in [7, 11) is 0. The molecule has 0 amide bonds. The average molecular weight is 158 g/mol. The van der Waals surface area contributed by atoms with Gasteiger partial charge in [-0.1, -0.05) is 60.8 Å². The van der Waals surface area contributed by atoms with Crippen molar-refractivity contribution in [3.05, 3.63) is 0 Å². The molecule has 0 N–H and O–H groups in total. The second-order valence-electron chi connectivity index (χ2n) is 3.36. The zero-order valence-electron chi connectivity index (χ0n) is 9.28. The molecule has 0 rings (SSSR count). The first kappa shape index (κ1) is 13.6. The van der Waals surface area contributed by atoms with Crippen LogP contribution >= 0.6 is 0 Å². The van der Waals surface area contributed by atoms with Gasteiger partial charge in [0.15, 0.2) is 0 Å². The standard InChI is InChI=1S/C9H20.C2H6/c1-5-6-7-9(4)8(2)3;1-2/h8-9H,5-7H2,1-4H3;1-2H3. The molecule has 1 atom stereocenters. The molecule has 0 aliphatic rings. The second kappa shape index (κ2) is 10.0. The Labute approximate surface area is 73.4 Å². The first-order valence-corrected chi connectivity index (χ1v) is 5.18. The van der Waals surface area contributed by atoms with Crippen molar-refractivity contribution in [2.24, 2.45) is 11.8 Å². The van der Waals surface area contributed by atoms with Gasteiger partial charge >= 0.3 is 0 Å². The van der Waals surface area contributed by atoms with Crippen LogP contribution in [0.5, 0.6) is 0 Å². The molecule has 0 nitrogen and oxygen atoms in total. The minimum absolute atomic E-state index is 0.872. The van der Waals surface area contributed by atoms with Crippen molar-refractivity contribution >= 4 is 0 Å². The molecular weight excluding hydrogens is 132 g/mol. The van der Waals surface area contributed by atoms with Gasteiger partial charge in [0.1, 0.15) is 0 Å². The summed E-state index contributed by atoms with van der Waals surface area (Å²) in [5.74, 6) is 1.79. The fourth-order valence-electron chi connectivity index (χ4n) is 0.859. The van der Waals surface area contributed by atoms with Crippen molar-refractivity contribution in [3.63, 3.8) is 0 Å². The highest BCUT2D eigenvalue weighted by Crippen LogP contribution is 2.16. The van der Waals surface area contributed by atoms with Crippen LogP contribution in [0.15, 0.2) is 0 Å². The normalized spacial score (nSPS) is 12.3. The number of hydrogen-bond acceptors (Lipinski definition) is 0. The van der Waals surface area contributed by atoms with Gasteiger partial charge in [-0.15, -0.1) is 0 Å². The van der Waals surface area contributed by atoms with E-state index in [-0.39, 0.29) is 0 Å². The monoisotopic (exact) mass is 158 g/mol. The van der Waals surface area contributed by atoms with Crippen molar-refractivity contribution in [2.45, 2.75) is 60.8 Å². The molecule has 0 bridgehead atoms. The van der Waals surface area contributed by atoms with E-state index in [1.54, 1.807) is 0 Å². The molecule has 0 heterocycles. The lowest BCUT2D eigenvalue weighted by Gasteiger charge is -2.13. The molecular formula is C11H26. The molecule has 1 unspecified atom stereocenters. The summed E-state index contributed by atoms with van der Waals surface area (Å²) in [5, 5.41) is 0. The van der Waals surface area contributed by atoms with Crippen LogP contribution in [0.2, 0.25) is 0 Å². The predicted octanol–water partition coefficient (Wildman–Crippen LogP) is 4.49. The highest BCUT2D eigenvalue weighted by molar-refractivity contribution is 4.55. The van der Waals surface area contributed by atoms with E-state index in [9.17, 15) is 0 Å². The van der Waals surface area contributed by atoms with Crippen LogP contribution < -0.4 is 0 Å². The van der Waals surface area contributed by atoms with Gasteiger partial charge in [0.05, 0.1) is 0 Å². The molecule has 0 spiro atoms. The first-order valence-electron chi connectivity index (χ1n) is 5.18. The van der Waals surface area contributed by atoms with E-state index < -0.39 is 0 Å². The Morgan fingerprint density at radius 3 is 1.73 bits per heavy atom. The first-order chi connectivity index (χ1) is 5.18. The summed E-state index contributed by atoms with van der Waals surface area (Å²) >= 11 is 0. The van der Waals surface area contributed by atoms with E-state index >= 15 is 0 Å². The third-order valence-corrected chi connectivity index (χ3v) is 2.15. The Bertz CT molecular complexity index is 55.1. The largest absolute Gasteiger partial charge is 0.0683 e. The average Bonchev–Trinajstić information content (AvgIpc) is 2.03. The van der Waals surface area contributed by atoms with Crippen molar-refractivity contribution in [1.29, 1.82) is 0 Å². The summed E-state index contributed by atoms with van der Waals surface area (Å²) in [5.41, 5.74) is 0. The van der Waals surface area contributed by atoms with Crippen LogP contribution in [0.3, 0.4) is 0 Å². The third-order valence-electron chi connectivity index (χ3n) is 2.15. The summed E-state index contributed by atoms with van der Waals surface area (Å²) in [4.78, 5) is 0. The molecule has 70 valence electrons. The minimum atomic E-state index is 0.872. The maximum atomic E-state index is 2.35. The molecule has 0 fully saturated rings. The molecule has 0 radical (unpaired) electrons. The van der Waals surface area contributed by atoms with Crippen molar-refractivity contribution < 1.29 is 0 Å². The smallest absolute Gasteiger partial charge is 0.0420 e. The van der Waals surface area contributed by atoms with E-state index in [2.05, 4.69) is 27.7 Å². The minimum Gasteiger partial charge on any atom is -0.0683 e. The van der Waals surface area contributed by atoms with E-state index in [1.165, 1.54) is 19.3 Å². The molecule has 0 aliphatic heterocycles. The van der Waals surface area contributed by atoms with Crippen molar-refractivity contribution in [3.8, 4) is 0 Å². The summed E-state index contributed by atoms with van der Waals surface area (Å²) in [6.45, 7) is 13.2. The van der Waals surface area contributed by atoms with Crippen LogP contribution in [0, 0.1) is 11.8 Å². The van der Waals surface area contributed by atoms with Gasteiger partial charge in [0, 0.05) is 0 Å². The van der Waals surface area contributed by atoms with Crippen LogP contribution in [-0.4, -0.2) is 0 Å². The predicted molar refractivity (Wildman–Crippen MR) is 54.9 cm³/mol. The van der Waals surface area contributed by atoms with E-state index in [4.69, 9.17) is 0 Å². The Balaban J connectivity index is 0. The lowest BCUT2D eigenvalue weighted by molar-refractivity contribution is 0.381. The second-order valence-corrected chi connectivity index (χ2v) is 3.36. The quantitative estimate of drug-likeness (QED) is 0.565. The topological polar surface area (TPSA) is 0 Å². The Hall–Kier alpha value is 0. The van der Waals surface area contributed by atoms with Crippen LogP contribution in [0.4, 0.5) is 0 Å². The maximum Gasteiger partial charge on any atom is -0.0420 e. The fraction of sp³-hybridized carbons (Fsp3) is 1.00. The lowest BCUT2D eigenvalue weighted by Crippen LogP contribution is -2.02. The maximum absolute atomic E-state index is 2.35. The lowest BCUT2D eigenvalue weighted by atomic mass is 9.93. The number of hydrogen-bond donors (Lipinski definition) is 0. The third kappa shape index (κ3) is 10.0. The summed E-state index contributed by atoms with van der Waals surface area (Å²) in [6, 6.07) is 0. The van der Waals surface area contributed by atoms with Crippen molar-refractivity contribution in [2.75, 3.05) is 0 Å². The molecule has 0 saturated carbocycles. The van der Waals surface area contributed by atoms with Gasteiger partial charge in [-0.2, -0.15) is 0 Å². The summed E-state index contributed by atoms with van der Waals surface area (Å²) < 4.78 is 0. The van der Waals surface area contributed by atoms with Gasteiger partial charge in [-0.05, 0) is 11.8 Å². The van der Waals surface area contributed by atoms with Gasteiger partial charge in [0.25, 0.3) is 0 Å². The molecule has 0 aromatic heterocycles. The number of rotatable bonds is 4. The Morgan fingerprint density at radius 1 is 1.00 bits per heavy atom. The Morgan fingerprint density at radius 2 is 1.45 bits per heavy atom. The molecule has 0 saturated heterocycles. The van der Waals surface area contributed by atoms with E-state index in [0.717, 1.165) is 11.8 Å². The molecule has 11 heavy (non-hydrogen) atoms. The van der Waals surface area contributed by atoms with Crippen LogP contribution in [0.1, 0.15) is 60.8 Å². The van der Waals surface area contributed by atoms with Gasteiger partial charge in [0.2, 0.25) is 0 Å². The van der Waals surface area contributed by atoms with Gasteiger partial charge < -0.3 is 0 Å². The van der Waals surface area contributed by atoms with Crippen LogP contribution in [-0.2, 0) is 0 Å². The van der Waals surface area contributed by atoms with E-state index in [1.807, 2.05) is 13.8 Å². The molecule has 0 aromatic carbocycles. The van der Waals surface area contributed by atoms with Gasteiger partial charge in [-0.3, -0.25) is 0 Å². The summed E-state index contributed by atoms with van der Waals surface area (Å²) in [6.07, 6.45) is 4.16. The highest BCUT2D eigenvalue weighted by atomic mass is 14.1. The molecule has 0 aliphatic carbocycles. The Kier molecular flexibility index (Phi) is 12.3. The molecule has 0 aromatic rings. The van der Waals surface area contributed by atoms with Gasteiger partial charge in [-0.25, -0.2) is 0 Å². The zero-order valence-corrected chi connectivity index (χ0v) is 9.28. The number of unbranched alkanes of at least 4 members (excludes halogenated alkanes) is 1. The molecule has 0 heteroatoms. The fourth-order valence-corrected chi connectivity index (χ4v) is 0.859.